The summed E-state index contributed by atoms with van der Waals surface area (Å²) in [5.41, 5.74) is 7.73. The molecule has 0 spiro atoms. The number of nitrogens with one attached hydrogen (secondary N) is 1. The lowest BCUT2D eigenvalue weighted by atomic mass is 10.1. The highest BCUT2D eigenvalue weighted by atomic mass is 16.5. The lowest BCUT2D eigenvalue weighted by molar-refractivity contribution is 0.187. The SMILES string of the molecule is COC(=O)Nc1ccc(C)cc1C#CCN. The number of carbonyl (C=O) groups excluding carboxylic acids is 1. The van der Waals surface area contributed by atoms with Gasteiger partial charge in [-0.2, -0.15) is 0 Å². The molecule has 4 nitrogen and oxygen atoms in total. The summed E-state index contributed by atoms with van der Waals surface area (Å²) in [6.07, 6.45) is -0.514. The fourth-order valence-electron chi connectivity index (χ4n) is 1.18. The van der Waals surface area contributed by atoms with Crippen LogP contribution in [0, 0.1) is 18.8 Å². The van der Waals surface area contributed by atoms with E-state index < -0.39 is 6.09 Å². The number of benzene rings is 1. The van der Waals surface area contributed by atoms with Crippen LogP contribution in [0.2, 0.25) is 0 Å². The van der Waals surface area contributed by atoms with E-state index >= 15 is 0 Å². The van der Waals surface area contributed by atoms with E-state index in [1.807, 2.05) is 19.1 Å². The van der Waals surface area contributed by atoms with Crippen LogP contribution in [0.5, 0.6) is 0 Å². The largest absolute Gasteiger partial charge is 0.453 e. The van der Waals surface area contributed by atoms with Crippen LogP contribution in [0.4, 0.5) is 10.5 Å². The van der Waals surface area contributed by atoms with Gasteiger partial charge in [0.15, 0.2) is 0 Å². The molecule has 0 atom stereocenters. The van der Waals surface area contributed by atoms with Crippen molar-refractivity contribution in [1.29, 1.82) is 0 Å². The molecular weight excluding hydrogens is 204 g/mol. The first-order chi connectivity index (χ1) is 7.67. The van der Waals surface area contributed by atoms with E-state index in [2.05, 4.69) is 21.9 Å². The Hall–Kier alpha value is -1.99. The zero-order valence-corrected chi connectivity index (χ0v) is 9.33. The Morgan fingerprint density at radius 3 is 2.94 bits per heavy atom. The fourth-order valence-corrected chi connectivity index (χ4v) is 1.18. The van der Waals surface area contributed by atoms with Gasteiger partial charge in [-0.3, -0.25) is 5.32 Å². The van der Waals surface area contributed by atoms with Crippen molar-refractivity contribution in [3.05, 3.63) is 29.3 Å². The zero-order valence-electron chi connectivity index (χ0n) is 9.33. The van der Waals surface area contributed by atoms with Crippen LogP contribution in [-0.4, -0.2) is 19.7 Å². The molecule has 3 N–H and O–H groups in total. The summed E-state index contributed by atoms with van der Waals surface area (Å²) in [4.78, 5) is 11.1. The van der Waals surface area contributed by atoms with Crippen molar-refractivity contribution in [1.82, 2.24) is 0 Å². The Bertz CT molecular complexity index is 444. The number of hydrogen-bond acceptors (Lipinski definition) is 3. The number of aryl methyl sites for hydroxylation is 1. The van der Waals surface area contributed by atoms with Crippen LogP contribution in [0.1, 0.15) is 11.1 Å². The van der Waals surface area contributed by atoms with E-state index in [9.17, 15) is 4.79 Å². The lowest BCUT2D eigenvalue weighted by Gasteiger charge is -2.06. The summed E-state index contributed by atoms with van der Waals surface area (Å²) >= 11 is 0. The van der Waals surface area contributed by atoms with E-state index in [0.29, 0.717) is 5.69 Å². The third kappa shape index (κ3) is 3.30. The van der Waals surface area contributed by atoms with Crippen LogP contribution >= 0.6 is 0 Å². The van der Waals surface area contributed by atoms with Gasteiger partial charge in [-0.1, -0.05) is 17.9 Å². The average Bonchev–Trinajstić information content (AvgIpc) is 2.29. The average molecular weight is 218 g/mol. The van der Waals surface area contributed by atoms with Crippen LogP contribution in [0.15, 0.2) is 18.2 Å². The number of ether oxygens (including phenoxy) is 1. The maximum absolute atomic E-state index is 11.1. The van der Waals surface area contributed by atoms with Crippen molar-refractivity contribution in [2.24, 2.45) is 5.73 Å². The van der Waals surface area contributed by atoms with Gasteiger partial charge >= 0.3 is 6.09 Å². The molecule has 0 heterocycles. The molecule has 0 bridgehead atoms. The first-order valence-electron chi connectivity index (χ1n) is 4.82. The highest BCUT2D eigenvalue weighted by Gasteiger charge is 2.04. The topological polar surface area (TPSA) is 64.3 Å². The van der Waals surface area contributed by atoms with Gasteiger partial charge in [-0.05, 0) is 24.6 Å². The Kier molecular flexibility index (Phi) is 4.37. The Balaban J connectivity index is 3.02. The lowest BCUT2D eigenvalue weighted by Crippen LogP contribution is -2.12. The molecule has 0 fully saturated rings. The van der Waals surface area contributed by atoms with E-state index in [0.717, 1.165) is 11.1 Å². The third-order valence-corrected chi connectivity index (χ3v) is 1.92. The van der Waals surface area contributed by atoms with Crippen molar-refractivity contribution in [3.63, 3.8) is 0 Å². The molecule has 0 aliphatic rings. The number of amides is 1. The molecule has 0 unspecified atom stereocenters. The van der Waals surface area contributed by atoms with Crippen molar-refractivity contribution in [2.45, 2.75) is 6.92 Å². The van der Waals surface area contributed by atoms with Gasteiger partial charge in [0.2, 0.25) is 0 Å². The second-order valence-electron chi connectivity index (χ2n) is 3.17. The summed E-state index contributed by atoms with van der Waals surface area (Å²) in [6.45, 7) is 2.24. The van der Waals surface area contributed by atoms with Crippen molar-refractivity contribution in [3.8, 4) is 11.8 Å². The van der Waals surface area contributed by atoms with E-state index in [1.54, 1.807) is 6.07 Å². The van der Waals surface area contributed by atoms with Gasteiger partial charge in [0.25, 0.3) is 0 Å². The van der Waals surface area contributed by atoms with Gasteiger partial charge in [0, 0.05) is 5.56 Å². The Morgan fingerprint density at radius 2 is 2.31 bits per heavy atom. The van der Waals surface area contributed by atoms with Crippen molar-refractivity contribution in [2.75, 3.05) is 19.0 Å². The summed E-state index contributed by atoms with van der Waals surface area (Å²) in [5.74, 6) is 5.65. The highest BCUT2D eigenvalue weighted by Crippen LogP contribution is 2.16. The van der Waals surface area contributed by atoms with Crippen LogP contribution < -0.4 is 11.1 Å². The molecule has 0 aliphatic heterocycles. The van der Waals surface area contributed by atoms with E-state index in [1.165, 1.54) is 7.11 Å². The quantitative estimate of drug-likeness (QED) is 0.702. The number of carbonyl (C=O) groups is 1. The molecule has 84 valence electrons. The molecule has 0 aliphatic carbocycles. The third-order valence-electron chi connectivity index (χ3n) is 1.92. The second-order valence-corrected chi connectivity index (χ2v) is 3.17. The molecule has 1 aromatic carbocycles. The van der Waals surface area contributed by atoms with Crippen LogP contribution in [0.3, 0.4) is 0 Å². The minimum atomic E-state index is -0.514. The number of anilines is 1. The van der Waals surface area contributed by atoms with Gasteiger partial charge in [0.05, 0.1) is 19.3 Å². The normalized spacial score (nSPS) is 8.94. The Labute approximate surface area is 94.8 Å². The monoisotopic (exact) mass is 218 g/mol. The van der Waals surface area contributed by atoms with Crippen molar-refractivity contribution >= 4 is 11.8 Å². The predicted molar refractivity (Wildman–Crippen MR) is 63.1 cm³/mol. The molecule has 1 amide bonds. The first-order valence-corrected chi connectivity index (χ1v) is 4.82. The summed E-state index contributed by atoms with van der Waals surface area (Å²) < 4.78 is 4.52. The number of rotatable bonds is 1. The van der Waals surface area contributed by atoms with Gasteiger partial charge < -0.3 is 10.5 Å². The van der Waals surface area contributed by atoms with Crippen LogP contribution in [0.25, 0.3) is 0 Å². The first kappa shape index (κ1) is 12.1. The minimum absolute atomic E-state index is 0.283. The van der Waals surface area contributed by atoms with Gasteiger partial charge in [-0.15, -0.1) is 0 Å². The molecule has 0 saturated heterocycles. The molecule has 1 rings (SSSR count). The van der Waals surface area contributed by atoms with Crippen LogP contribution in [-0.2, 0) is 4.74 Å². The standard InChI is InChI=1S/C12H14N2O2/c1-9-5-6-11(14-12(15)16-2)10(8-9)4-3-7-13/h5-6,8H,7,13H2,1-2H3,(H,14,15). The summed E-state index contributed by atoms with van der Waals surface area (Å²) in [6, 6.07) is 5.56. The molecular formula is C12H14N2O2. The van der Waals surface area contributed by atoms with E-state index in [4.69, 9.17) is 5.73 Å². The van der Waals surface area contributed by atoms with E-state index in [-0.39, 0.29) is 6.54 Å². The van der Waals surface area contributed by atoms with Gasteiger partial charge in [-0.25, -0.2) is 4.79 Å². The number of methoxy groups -OCH3 is 1. The maximum Gasteiger partial charge on any atom is 0.411 e. The zero-order chi connectivity index (χ0) is 12.0. The van der Waals surface area contributed by atoms with Gasteiger partial charge in [0.1, 0.15) is 0 Å². The smallest absolute Gasteiger partial charge is 0.411 e. The number of hydrogen-bond donors (Lipinski definition) is 2. The number of nitrogens with two attached hydrogens (primary N) is 1. The molecule has 0 radical (unpaired) electrons. The molecule has 4 heteroatoms. The summed E-state index contributed by atoms with van der Waals surface area (Å²) in [5, 5.41) is 2.59. The summed E-state index contributed by atoms with van der Waals surface area (Å²) in [7, 11) is 1.31. The fraction of sp³-hybridized carbons (Fsp3) is 0.250. The second kappa shape index (κ2) is 5.79. The molecule has 0 aromatic heterocycles. The highest BCUT2D eigenvalue weighted by molar-refractivity contribution is 5.86. The predicted octanol–water partition coefficient (Wildman–Crippen LogP) is 1.48. The molecule has 16 heavy (non-hydrogen) atoms. The maximum atomic E-state index is 11.1. The van der Waals surface area contributed by atoms with Crippen molar-refractivity contribution < 1.29 is 9.53 Å². The molecule has 0 saturated carbocycles. The Morgan fingerprint density at radius 1 is 1.56 bits per heavy atom. The minimum Gasteiger partial charge on any atom is -0.453 e. The molecule has 1 aromatic rings.